The zero-order chi connectivity index (χ0) is 31.5. The normalized spacial score (nSPS) is 13.5. The van der Waals surface area contributed by atoms with Gasteiger partial charge in [-0.3, -0.25) is 28.1 Å². The molecule has 2 aromatic heterocycles. The Morgan fingerprint density at radius 1 is 1.07 bits per heavy atom. The number of hydrogen-bond donors (Lipinski definition) is 1. The molecule has 1 aliphatic rings. The fourth-order valence-electron chi connectivity index (χ4n) is 4.97. The monoisotopic (exact) mass is 722 g/mol. The third kappa shape index (κ3) is 5.18. The number of amides is 1. The number of nitrogens with zero attached hydrogens (tertiary/aromatic N) is 5. The number of aromatic nitrogens is 3. The van der Waals surface area contributed by atoms with E-state index in [1.165, 1.54) is 73.6 Å². The Morgan fingerprint density at radius 2 is 1.74 bits per heavy atom. The molecule has 43 heavy (non-hydrogen) atoms. The molecule has 1 saturated carbocycles. The molecule has 0 aliphatic heterocycles. The molecule has 15 heteroatoms. The van der Waals surface area contributed by atoms with Crippen LogP contribution in [0.25, 0.3) is 16.6 Å². The van der Waals surface area contributed by atoms with E-state index in [0.717, 1.165) is 15.8 Å². The van der Waals surface area contributed by atoms with Crippen LogP contribution >= 0.6 is 22.6 Å². The van der Waals surface area contributed by atoms with Gasteiger partial charge < -0.3 is 5.32 Å². The molecule has 5 rings (SSSR count). The summed E-state index contributed by atoms with van der Waals surface area (Å²) in [5.41, 5.74) is -1.80. The van der Waals surface area contributed by atoms with Gasteiger partial charge in [-0.25, -0.2) is 9.18 Å². The van der Waals surface area contributed by atoms with E-state index >= 15 is 0 Å². The van der Waals surface area contributed by atoms with Gasteiger partial charge in [-0.1, -0.05) is 6.07 Å². The summed E-state index contributed by atoms with van der Waals surface area (Å²) in [7, 11) is -0.254. The first-order valence-electron chi connectivity index (χ1n) is 13.1. The molecule has 0 unspecified atom stereocenters. The number of pyridine rings is 1. The van der Waals surface area contributed by atoms with Gasteiger partial charge >= 0.3 is 15.9 Å². The number of carbonyl (C=O) groups excluding carboxylic acids is 1. The molecule has 0 spiro atoms. The number of halogens is 2. The van der Waals surface area contributed by atoms with E-state index in [4.69, 9.17) is 0 Å². The average molecular weight is 723 g/mol. The number of anilines is 3. The first kappa shape index (κ1) is 30.6. The highest BCUT2D eigenvalue weighted by molar-refractivity contribution is 14.1. The second kappa shape index (κ2) is 11.0. The van der Waals surface area contributed by atoms with Crippen molar-refractivity contribution in [3.05, 3.63) is 88.6 Å². The van der Waals surface area contributed by atoms with E-state index in [0.29, 0.717) is 20.7 Å². The Bertz CT molecular complexity index is 2120. The Morgan fingerprint density at radius 3 is 2.33 bits per heavy atom. The van der Waals surface area contributed by atoms with Gasteiger partial charge in [0.1, 0.15) is 17.0 Å². The zero-order valence-corrected chi connectivity index (χ0v) is 26.9. The van der Waals surface area contributed by atoms with Gasteiger partial charge in [0.25, 0.3) is 11.1 Å². The van der Waals surface area contributed by atoms with E-state index in [1.807, 2.05) is 22.6 Å². The Kier molecular flexibility index (Phi) is 7.85. The highest BCUT2D eigenvalue weighted by atomic mass is 127. The Hall–Kier alpha value is -3.83. The summed E-state index contributed by atoms with van der Waals surface area (Å²) in [5, 5.41) is 2.87. The largest absolute Gasteiger partial charge is 0.338 e. The molecule has 1 amide bonds. The lowest BCUT2D eigenvalue weighted by Crippen LogP contribution is -2.43. The number of fused-ring (bicyclic) bond motifs is 1. The molecule has 12 nitrogen and oxygen atoms in total. The summed E-state index contributed by atoms with van der Waals surface area (Å²) in [4.78, 5) is 54.1. The second-order valence-electron chi connectivity index (χ2n) is 10.4. The van der Waals surface area contributed by atoms with Crippen LogP contribution in [-0.4, -0.2) is 46.4 Å². The van der Waals surface area contributed by atoms with E-state index in [1.54, 1.807) is 6.07 Å². The molecular weight excluding hydrogens is 694 g/mol. The summed E-state index contributed by atoms with van der Waals surface area (Å²) in [6.07, 6.45) is 1.16. The first-order chi connectivity index (χ1) is 20.2. The van der Waals surface area contributed by atoms with Crippen LogP contribution in [0, 0.1) is 16.3 Å². The SMILES string of the molecule is CC(=O)N(c1cccc(-n2c(=O)n(C3CC3)c(=O)c3c(Nc4ccc(I)cc4F)n(C)c(=O)c(C)c32)c1)S(=O)(=O)N(C)C. The smallest absolute Gasteiger partial charge is 0.336 e. The van der Waals surface area contributed by atoms with Gasteiger partial charge in [-0.15, -0.1) is 0 Å². The summed E-state index contributed by atoms with van der Waals surface area (Å²) < 4.78 is 46.6. The van der Waals surface area contributed by atoms with E-state index < -0.39 is 38.7 Å². The molecule has 0 saturated heterocycles. The molecule has 1 N–H and O–H groups in total. The van der Waals surface area contributed by atoms with Gasteiger partial charge in [-0.2, -0.15) is 17.0 Å². The van der Waals surface area contributed by atoms with Gasteiger partial charge in [0.15, 0.2) is 0 Å². The summed E-state index contributed by atoms with van der Waals surface area (Å²) in [6, 6.07) is 9.75. The summed E-state index contributed by atoms with van der Waals surface area (Å²) >= 11 is 1.96. The number of nitrogens with one attached hydrogen (secondary N) is 1. The van der Waals surface area contributed by atoms with Crippen molar-refractivity contribution in [2.75, 3.05) is 23.7 Å². The topological polar surface area (TPSA) is 136 Å². The number of rotatable bonds is 7. The van der Waals surface area contributed by atoms with Crippen molar-refractivity contribution < 1.29 is 17.6 Å². The van der Waals surface area contributed by atoms with Crippen molar-refractivity contribution in [1.29, 1.82) is 0 Å². The molecule has 0 atom stereocenters. The van der Waals surface area contributed by atoms with Crippen LogP contribution in [0.5, 0.6) is 0 Å². The van der Waals surface area contributed by atoms with Crippen molar-refractivity contribution >= 4 is 66.8 Å². The minimum Gasteiger partial charge on any atom is -0.338 e. The van der Waals surface area contributed by atoms with E-state index in [-0.39, 0.29) is 45.4 Å². The lowest BCUT2D eigenvalue weighted by molar-refractivity contribution is -0.115. The molecule has 2 aromatic carbocycles. The van der Waals surface area contributed by atoms with Crippen LogP contribution in [0.4, 0.5) is 21.6 Å². The molecular formula is C28H28FIN6O6S. The van der Waals surface area contributed by atoms with Gasteiger partial charge in [0.05, 0.1) is 22.6 Å². The van der Waals surface area contributed by atoms with Crippen LogP contribution in [0.3, 0.4) is 0 Å². The van der Waals surface area contributed by atoms with E-state index in [2.05, 4.69) is 5.32 Å². The standard InChI is InChI=1S/C28H28FIN6O6S/c1-15-24-23(25(33(5)26(15)38)31-22-12-9-17(30)13-21(22)29)27(39)35(18-10-11-18)28(40)34(24)19-7-6-8-20(14-19)36(16(2)37)43(41,42)32(3)4/h6-9,12-14,18,31H,10-11H2,1-5H3. The Balaban J connectivity index is 1.89. The van der Waals surface area contributed by atoms with Crippen molar-refractivity contribution in [3.63, 3.8) is 0 Å². The number of aryl methyl sites for hydroxylation is 1. The average Bonchev–Trinajstić information content (AvgIpc) is 3.76. The number of hydrogen-bond acceptors (Lipinski definition) is 7. The minimum absolute atomic E-state index is 0.0173. The minimum atomic E-state index is -4.26. The summed E-state index contributed by atoms with van der Waals surface area (Å²) in [6.45, 7) is 2.57. The summed E-state index contributed by atoms with van der Waals surface area (Å²) in [5.74, 6) is -1.42. The quantitative estimate of drug-likeness (QED) is 0.290. The third-order valence-electron chi connectivity index (χ3n) is 7.24. The highest BCUT2D eigenvalue weighted by Crippen LogP contribution is 2.34. The number of carbonyl (C=O) groups is 1. The maximum absolute atomic E-state index is 14.9. The molecule has 1 aliphatic carbocycles. The molecule has 0 bridgehead atoms. The molecule has 1 fully saturated rings. The number of benzene rings is 2. The fourth-order valence-corrected chi connectivity index (χ4v) is 6.46. The predicted molar refractivity (Wildman–Crippen MR) is 170 cm³/mol. The lowest BCUT2D eigenvalue weighted by atomic mass is 10.1. The zero-order valence-electron chi connectivity index (χ0n) is 23.9. The van der Waals surface area contributed by atoms with E-state index in [9.17, 15) is 32.0 Å². The highest BCUT2D eigenvalue weighted by Gasteiger charge is 2.33. The van der Waals surface area contributed by atoms with Crippen LogP contribution in [0.2, 0.25) is 0 Å². The maximum atomic E-state index is 14.9. The molecule has 226 valence electrons. The van der Waals surface area contributed by atoms with Crippen molar-refractivity contribution in [2.45, 2.75) is 32.7 Å². The molecule has 2 heterocycles. The van der Waals surface area contributed by atoms with Crippen LogP contribution < -0.4 is 26.4 Å². The molecule has 4 aromatic rings. The van der Waals surface area contributed by atoms with Crippen molar-refractivity contribution in [3.8, 4) is 5.69 Å². The third-order valence-corrected chi connectivity index (χ3v) is 9.76. The van der Waals surface area contributed by atoms with Crippen molar-refractivity contribution in [1.82, 2.24) is 18.0 Å². The first-order valence-corrected chi connectivity index (χ1v) is 15.6. The van der Waals surface area contributed by atoms with Gasteiger partial charge in [0, 0.05) is 43.2 Å². The second-order valence-corrected chi connectivity index (χ2v) is 13.7. The fraction of sp³-hybridized carbons (Fsp3) is 0.286. The van der Waals surface area contributed by atoms with Crippen molar-refractivity contribution in [2.24, 2.45) is 7.05 Å². The van der Waals surface area contributed by atoms with Gasteiger partial charge in [0.2, 0.25) is 5.91 Å². The molecule has 0 radical (unpaired) electrons. The predicted octanol–water partition coefficient (Wildman–Crippen LogP) is 3.14. The van der Waals surface area contributed by atoms with Gasteiger partial charge in [-0.05, 0) is 78.8 Å². The van der Waals surface area contributed by atoms with Crippen LogP contribution in [-0.2, 0) is 22.1 Å². The Labute approximate surface area is 259 Å². The lowest BCUT2D eigenvalue weighted by Gasteiger charge is -2.25. The van der Waals surface area contributed by atoms with Crippen LogP contribution in [0.15, 0.2) is 56.8 Å². The van der Waals surface area contributed by atoms with Crippen LogP contribution in [0.1, 0.15) is 31.4 Å². The maximum Gasteiger partial charge on any atom is 0.336 e.